The lowest BCUT2D eigenvalue weighted by Gasteiger charge is -2.21. The molecule has 4 rings (SSSR count). The monoisotopic (exact) mass is 614 g/mol. The van der Waals surface area contributed by atoms with Crippen LogP contribution >= 0.6 is 11.3 Å². The molecule has 0 bridgehead atoms. The minimum absolute atomic E-state index is 0.210. The Kier molecular flexibility index (Phi) is 9.24. The molecule has 0 aliphatic heterocycles. The Morgan fingerprint density at radius 1 is 1.20 bits per heavy atom. The number of aromatic nitrogens is 3. The van der Waals surface area contributed by atoms with Gasteiger partial charge in [0.15, 0.2) is 5.01 Å². The van der Waals surface area contributed by atoms with E-state index in [1.165, 1.54) is 29.9 Å². The van der Waals surface area contributed by atoms with E-state index >= 15 is 0 Å². The molecule has 2 heterocycles. The summed E-state index contributed by atoms with van der Waals surface area (Å²) < 4.78 is 76.5. The molecule has 1 saturated carbocycles. The Morgan fingerprint density at radius 2 is 1.90 bits per heavy atom. The van der Waals surface area contributed by atoms with E-state index in [2.05, 4.69) is 10.1 Å². The van der Waals surface area contributed by atoms with Crippen molar-refractivity contribution in [1.82, 2.24) is 19.8 Å². The smallest absolute Gasteiger partial charge is 0.404 e. The molecule has 14 heteroatoms. The zero-order chi connectivity index (χ0) is 30.0. The predicted molar refractivity (Wildman–Crippen MR) is 147 cm³/mol. The van der Waals surface area contributed by atoms with E-state index in [9.17, 15) is 26.4 Å². The number of carbonyl (C=O) groups excluding carboxylic acids is 1. The first kappa shape index (κ1) is 31.1. The van der Waals surface area contributed by atoms with E-state index in [-0.39, 0.29) is 23.0 Å². The molecule has 3 aromatic rings. The maximum Gasteiger partial charge on any atom is 0.404 e. The minimum atomic E-state index is -4.71. The van der Waals surface area contributed by atoms with Gasteiger partial charge in [-0.3, -0.25) is 4.79 Å². The summed E-state index contributed by atoms with van der Waals surface area (Å²) in [4.78, 5) is 20.7. The standard InChI is InChI=1S/C27H33F3N4O5S2/c1-16-12-19(41(36,37)34-17(2)27(28,29)30)10-11-20(16)23-21(13-18-8-6-5-7-9-18)31-25(40-23)24-32-22(39-33-24)14-26(3,4)38-15-35/h10-12,15,17-18,34H,5-9,13-14H2,1-4H3/t17-/m0/s1. The molecule has 41 heavy (non-hydrogen) atoms. The molecule has 1 fully saturated rings. The number of halogens is 3. The fraction of sp³-hybridized carbons (Fsp3) is 0.556. The number of nitrogens with one attached hydrogen (secondary N) is 1. The second-order valence-corrected chi connectivity index (χ2v) is 13.7. The average Bonchev–Trinajstić information content (AvgIpc) is 3.50. The van der Waals surface area contributed by atoms with Crippen LogP contribution in [0.25, 0.3) is 21.3 Å². The lowest BCUT2D eigenvalue weighted by Crippen LogP contribution is -2.42. The molecule has 1 atom stereocenters. The zero-order valence-electron chi connectivity index (χ0n) is 23.2. The SMILES string of the molecule is Cc1cc(S(=O)(=O)N[C@@H](C)C(F)(F)F)ccc1-c1sc(-c2noc(CC(C)(C)OC=O)n2)nc1CC1CCCCC1. The van der Waals surface area contributed by atoms with Crippen molar-refractivity contribution in [2.24, 2.45) is 5.92 Å². The Morgan fingerprint density at radius 3 is 2.54 bits per heavy atom. The van der Waals surface area contributed by atoms with E-state index in [0.717, 1.165) is 55.2 Å². The lowest BCUT2D eigenvalue weighted by molar-refractivity contribution is -0.147. The van der Waals surface area contributed by atoms with Crippen LogP contribution in [-0.2, 0) is 32.4 Å². The van der Waals surface area contributed by atoms with Crippen LogP contribution in [-0.4, -0.2) is 47.8 Å². The van der Waals surface area contributed by atoms with Crippen LogP contribution in [0.3, 0.4) is 0 Å². The summed E-state index contributed by atoms with van der Waals surface area (Å²) in [5.74, 6) is 1.02. The number of nitrogens with zero attached hydrogens (tertiary/aromatic N) is 3. The molecule has 9 nitrogen and oxygen atoms in total. The number of hydrogen-bond acceptors (Lipinski definition) is 9. The van der Waals surface area contributed by atoms with Gasteiger partial charge in [0.25, 0.3) is 6.47 Å². The van der Waals surface area contributed by atoms with E-state index in [0.29, 0.717) is 23.0 Å². The van der Waals surface area contributed by atoms with E-state index in [1.807, 2.05) is 0 Å². The van der Waals surface area contributed by atoms with Crippen LogP contribution in [0.4, 0.5) is 13.2 Å². The first-order valence-corrected chi connectivity index (χ1v) is 15.6. The molecule has 0 radical (unpaired) electrons. The van der Waals surface area contributed by atoms with Crippen molar-refractivity contribution in [3.05, 3.63) is 35.3 Å². The van der Waals surface area contributed by atoms with Gasteiger partial charge in [0.1, 0.15) is 11.6 Å². The van der Waals surface area contributed by atoms with Gasteiger partial charge in [-0.25, -0.2) is 13.4 Å². The summed E-state index contributed by atoms with van der Waals surface area (Å²) in [6, 6.07) is 2.05. The Hall–Kier alpha value is -2.84. The van der Waals surface area contributed by atoms with E-state index in [4.69, 9.17) is 14.2 Å². The summed E-state index contributed by atoms with van der Waals surface area (Å²) in [7, 11) is -4.40. The molecule has 2 aromatic heterocycles. The van der Waals surface area contributed by atoms with Crippen LogP contribution < -0.4 is 4.72 Å². The summed E-state index contributed by atoms with van der Waals surface area (Å²) in [6.07, 6.45) is 1.91. The van der Waals surface area contributed by atoms with Crippen LogP contribution in [0.2, 0.25) is 0 Å². The van der Waals surface area contributed by atoms with Gasteiger partial charge < -0.3 is 9.26 Å². The highest BCUT2D eigenvalue weighted by atomic mass is 32.2. The molecule has 0 unspecified atom stereocenters. The molecule has 1 aromatic carbocycles. The normalized spacial score (nSPS) is 16.1. The van der Waals surface area contributed by atoms with Crippen molar-refractivity contribution in [2.45, 2.75) is 95.4 Å². The van der Waals surface area contributed by atoms with Crippen molar-refractivity contribution in [1.29, 1.82) is 0 Å². The highest BCUT2D eigenvalue weighted by Crippen LogP contribution is 2.39. The highest BCUT2D eigenvalue weighted by molar-refractivity contribution is 7.89. The number of sulfonamides is 1. The van der Waals surface area contributed by atoms with Gasteiger partial charge in [0.05, 0.1) is 21.9 Å². The van der Waals surface area contributed by atoms with Crippen molar-refractivity contribution >= 4 is 27.8 Å². The second kappa shape index (κ2) is 12.2. The van der Waals surface area contributed by atoms with Crippen molar-refractivity contribution in [3.63, 3.8) is 0 Å². The predicted octanol–water partition coefficient (Wildman–Crippen LogP) is 6.01. The Balaban J connectivity index is 1.68. The quantitative estimate of drug-likeness (QED) is 0.260. The fourth-order valence-electron chi connectivity index (χ4n) is 4.84. The van der Waals surface area contributed by atoms with E-state index < -0.39 is 27.8 Å². The topological polar surface area (TPSA) is 124 Å². The Labute approximate surface area is 241 Å². The number of rotatable bonds is 11. The maximum atomic E-state index is 13.0. The fourth-order valence-corrected chi connectivity index (χ4v) is 7.26. The third-order valence-electron chi connectivity index (χ3n) is 7.08. The molecule has 1 aliphatic carbocycles. The van der Waals surface area contributed by atoms with Crippen LogP contribution in [0.5, 0.6) is 0 Å². The van der Waals surface area contributed by atoms with Crippen LogP contribution in [0, 0.1) is 12.8 Å². The maximum absolute atomic E-state index is 13.0. The van der Waals surface area contributed by atoms with Crippen molar-refractivity contribution in [2.75, 3.05) is 0 Å². The van der Waals surface area contributed by atoms with Gasteiger partial charge in [-0.15, -0.1) is 11.3 Å². The minimum Gasteiger partial charge on any atom is -0.461 e. The van der Waals surface area contributed by atoms with E-state index in [1.54, 1.807) is 31.6 Å². The Bertz CT molecular complexity index is 1480. The zero-order valence-corrected chi connectivity index (χ0v) is 24.9. The van der Waals surface area contributed by atoms with Gasteiger partial charge in [0.2, 0.25) is 21.7 Å². The lowest BCUT2D eigenvalue weighted by atomic mass is 9.85. The summed E-state index contributed by atoms with van der Waals surface area (Å²) in [5.41, 5.74) is 1.30. The number of carbonyl (C=O) groups is 1. The number of benzene rings is 1. The summed E-state index contributed by atoms with van der Waals surface area (Å²) in [5, 5.41) is 4.60. The third kappa shape index (κ3) is 7.72. The second-order valence-electron chi connectivity index (χ2n) is 11.0. The molecule has 0 amide bonds. The van der Waals surface area contributed by atoms with Crippen molar-refractivity contribution < 1.29 is 35.6 Å². The first-order valence-electron chi connectivity index (χ1n) is 13.3. The third-order valence-corrected chi connectivity index (χ3v) is 9.75. The molecular formula is C27H33F3N4O5S2. The molecule has 224 valence electrons. The first-order chi connectivity index (χ1) is 19.2. The highest BCUT2D eigenvalue weighted by Gasteiger charge is 2.39. The number of alkyl halides is 3. The van der Waals surface area contributed by atoms with Crippen molar-refractivity contribution in [3.8, 4) is 21.3 Å². The number of thiazole rings is 1. The van der Waals surface area contributed by atoms with Gasteiger partial charge in [-0.05, 0) is 63.3 Å². The number of aryl methyl sites for hydroxylation is 1. The molecule has 1 aliphatic rings. The number of ether oxygens (including phenoxy) is 1. The summed E-state index contributed by atoms with van der Waals surface area (Å²) >= 11 is 1.34. The molecule has 0 saturated heterocycles. The molecule has 0 spiro atoms. The van der Waals surface area contributed by atoms with Crippen LogP contribution in [0.1, 0.15) is 70.0 Å². The summed E-state index contributed by atoms with van der Waals surface area (Å²) in [6.45, 7) is 6.29. The van der Waals surface area contributed by atoms with Gasteiger partial charge in [-0.2, -0.15) is 22.9 Å². The van der Waals surface area contributed by atoms with Crippen LogP contribution in [0.15, 0.2) is 27.6 Å². The van der Waals surface area contributed by atoms with Gasteiger partial charge >= 0.3 is 6.18 Å². The molecule has 1 N–H and O–H groups in total. The van der Waals surface area contributed by atoms with Gasteiger partial charge in [-0.1, -0.05) is 43.3 Å². The average molecular weight is 615 g/mol. The number of hydrogen-bond donors (Lipinski definition) is 1. The molecular weight excluding hydrogens is 581 g/mol. The van der Waals surface area contributed by atoms with Gasteiger partial charge in [0, 0.05) is 0 Å². The largest absolute Gasteiger partial charge is 0.461 e.